The van der Waals surface area contributed by atoms with Crippen LogP contribution in [0.15, 0.2) is 36.7 Å². The number of aromatic nitrogens is 4. The highest BCUT2D eigenvalue weighted by Crippen LogP contribution is 2.29. The van der Waals surface area contributed by atoms with E-state index < -0.39 is 0 Å². The minimum atomic E-state index is 0.433. The molecule has 0 atom stereocenters. The van der Waals surface area contributed by atoms with Gasteiger partial charge in [0.2, 0.25) is 0 Å². The highest BCUT2D eigenvalue weighted by atomic mass is 32.1. The van der Waals surface area contributed by atoms with E-state index in [0.29, 0.717) is 12.6 Å². The maximum atomic E-state index is 5.63. The fraction of sp³-hybridized carbons (Fsp3) is 0.421. The molecule has 1 fully saturated rings. The number of aryl methyl sites for hydroxylation is 1. The number of hydrogen-bond acceptors (Lipinski definition) is 6. The Morgan fingerprint density at radius 1 is 1.23 bits per heavy atom. The van der Waals surface area contributed by atoms with E-state index in [1.54, 1.807) is 11.3 Å². The SMILES string of the molecule is Cc1ccccc1-c1ncc(CN2CCC(n3cc(CN)nn3)CC2)s1. The Bertz CT molecular complexity index is 862. The first kappa shape index (κ1) is 17.3. The minimum Gasteiger partial charge on any atom is -0.325 e. The van der Waals surface area contributed by atoms with Crippen molar-refractivity contribution >= 4 is 11.3 Å². The summed E-state index contributed by atoms with van der Waals surface area (Å²) < 4.78 is 1.99. The molecule has 0 unspecified atom stereocenters. The quantitative estimate of drug-likeness (QED) is 0.749. The summed E-state index contributed by atoms with van der Waals surface area (Å²) in [7, 11) is 0. The lowest BCUT2D eigenvalue weighted by molar-refractivity contribution is 0.173. The van der Waals surface area contributed by atoms with Crippen LogP contribution in [0.5, 0.6) is 0 Å². The van der Waals surface area contributed by atoms with Crippen molar-refractivity contribution in [2.24, 2.45) is 5.73 Å². The van der Waals surface area contributed by atoms with Crippen molar-refractivity contribution in [2.45, 2.75) is 38.9 Å². The van der Waals surface area contributed by atoms with Gasteiger partial charge in [-0.1, -0.05) is 29.5 Å². The summed E-state index contributed by atoms with van der Waals surface area (Å²) in [5.41, 5.74) is 9.00. The molecule has 2 aromatic heterocycles. The van der Waals surface area contributed by atoms with Crippen LogP contribution in [-0.2, 0) is 13.1 Å². The van der Waals surface area contributed by atoms with Crippen LogP contribution in [0.4, 0.5) is 0 Å². The molecule has 0 radical (unpaired) electrons. The van der Waals surface area contributed by atoms with E-state index in [9.17, 15) is 0 Å². The summed E-state index contributed by atoms with van der Waals surface area (Å²) in [4.78, 5) is 8.48. The molecule has 2 N–H and O–H groups in total. The van der Waals surface area contributed by atoms with Gasteiger partial charge in [0.25, 0.3) is 0 Å². The molecule has 1 saturated heterocycles. The van der Waals surface area contributed by atoms with Crippen LogP contribution in [0.2, 0.25) is 0 Å². The lowest BCUT2D eigenvalue weighted by atomic mass is 10.1. The monoisotopic (exact) mass is 368 g/mol. The second-order valence-corrected chi connectivity index (χ2v) is 7.96. The highest BCUT2D eigenvalue weighted by molar-refractivity contribution is 7.15. The zero-order valence-electron chi connectivity index (χ0n) is 15.0. The zero-order chi connectivity index (χ0) is 17.9. The van der Waals surface area contributed by atoms with Crippen molar-refractivity contribution < 1.29 is 0 Å². The van der Waals surface area contributed by atoms with Crippen LogP contribution in [0, 0.1) is 6.92 Å². The van der Waals surface area contributed by atoms with Crippen LogP contribution in [-0.4, -0.2) is 38.0 Å². The number of nitrogens with zero attached hydrogens (tertiary/aromatic N) is 5. The molecule has 1 aliphatic heterocycles. The standard InChI is InChI=1S/C19H24N6S/c1-14-4-2-3-5-18(14)19-21-11-17(26-19)13-24-8-6-16(7-9-24)25-12-15(10-20)22-23-25/h2-5,11-12,16H,6-10,13,20H2,1H3. The van der Waals surface area contributed by atoms with Crippen LogP contribution >= 0.6 is 11.3 Å². The van der Waals surface area contributed by atoms with Crippen molar-refractivity contribution in [1.82, 2.24) is 24.9 Å². The maximum Gasteiger partial charge on any atom is 0.123 e. The van der Waals surface area contributed by atoms with E-state index >= 15 is 0 Å². The number of benzene rings is 1. The molecule has 0 spiro atoms. The second kappa shape index (κ2) is 7.65. The van der Waals surface area contributed by atoms with Crippen molar-refractivity contribution in [1.29, 1.82) is 0 Å². The third kappa shape index (κ3) is 3.70. The van der Waals surface area contributed by atoms with E-state index in [-0.39, 0.29) is 0 Å². The molecule has 0 aliphatic carbocycles. The van der Waals surface area contributed by atoms with E-state index in [0.717, 1.165) is 43.2 Å². The molecule has 0 amide bonds. The summed E-state index contributed by atoms with van der Waals surface area (Å²) in [6.45, 7) is 5.71. The van der Waals surface area contributed by atoms with Crippen molar-refractivity contribution in [2.75, 3.05) is 13.1 Å². The Labute approximate surface area is 157 Å². The molecule has 7 heteroatoms. The number of rotatable bonds is 5. The summed E-state index contributed by atoms with van der Waals surface area (Å²) in [6, 6.07) is 8.87. The number of nitrogens with two attached hydrogens (primary N) is 1. The maximum absolute atomic E-state index is 5.63. The summed E-state index contributed by atoms with van der Waals surface area (Å²) >= 11 is 1.80. The molecule has 0 saturated carbocycles. The van der Waals surface area contributed by atoms with Crippen LogP contribution in [0.25, 0.3) is 10.6 Å². The zero-order valence-corrected chi connectivity index (χ0v) is 15.8. The van der Waals surface area contributed by atoms with Gasteiger partial charge in [-0.25, -0.2) is 9.67 Å². The van der Waals surface area contributed by atoms with Crippen LogP contribution in [0.3, 0.4) is 0 Å². The fourth-order valence-corrected chi connectivity index (χ4v) is 4.51. The van der Waals surface area contributed by atoms with E-state index in [1.807, 2.05) is 17.1 Å². The number of thiazole rings is 1. The first-order valence-corrected chi connectivity index (χ1v) is 9.88. The van der Waals surface area contributed by atoms with E-state index in [1.165, 1.54) is 16.0 Å². The molecule has 6 nitrogen and oxygen atoms in total. The predicted octanol–water partition coefficient (Wildman–Crippen LogP) is 3.01. The predicted molar refractivity (Wildman–Crippen MR) is 104 cm³/mol. The van der Waals surface area contributed by atoms with Gasteiger partial charge in [0, 0.05) is 42.8 Å². The van der Waals surface area contributed by atoms with Gasteiger partial charge in [-0.2, -0.15) is 0 Å². The Morgan fingerprint density at radius 3 is 2.77 bits per heavy atom. The topological polar surface area (TPSA) is 72.9 Å². The summed E-state index contributed by atoms with van der Waals surface area (Å²) in [5, 5.41) is 9.44. The second-order valence-electron chi connectivity index (χ2n) is 6.85. The smallest absolute Gasteiger partial charge is 0.123 e. The van der Waals surface area contributed by atoms with Gasteiger partial charge in [-0.15, -0.1) is 16.4 Å². The van der Waals surface area contributed by atoms with Crippen molar-refractivity contribution in [3.05, 3.63) is 52.8 Å². The van der Waals surface area contributed by atoms with Crippen molar-refractivity contribution in [3.8, 4) is 10.6 Å². The van der Waals surface area contributed by atoms with E-state index in [4.69, 9.17) is 5.73 Å². The Kier molecular flexibility index (Phi) is 5.10. The van der Waals surface area contributed by atoms with E-state index in [2.05, 4.69) is 51.4 Å². The highest BCUT2D eigenvalue weighted by Gasteiger charge is 2.22. The molecule has 3 aromatic rings. The molecular weight excluding hydrogens is 344 g/mol. The summed E-state index contributed by atoms with van der Waals surface area (Å²) in [6.07, 6.45) is 6.20. The number of piperidine rings is 1. The molecule has 136 valence electrons. The number of hydrogen-bond donors (Lipinski definition) is 1. The van der Waals surface area contributed by atoms with Gasteiger partial charge in [-0.05, 0) is 25.3 Å². The van der Waals surface area contributed by atoms with Gasteiger partial charge in [0.15, 0.2) is 0 Å². The number of likely N-dealkylation sites (tertiary alicyclic amines) is 1. The first-order chi connectivity index (χ1) is 12.7. The van der Waals surface area contributed by atoms with Crippen LogP contribution < -0.4 is 5.73 Å². The van der Waals surface area contributed by atoms with Gasteiger partial charge in [-0.3, -0.25) is 4.90 Å². The normalized spacial score (nSPS) is 16.2. The Morgan fingerprint density at radius 2 is 2.04 bits per heavy atom. The Hall–Kier alpha value is -2.09. The third-order valence-electron chi connectivity index (χ3n) is 5.01. The molecule has 3 heterocycles. The minimum absolute atomic E-state index is 0.433. The van der Waals surface area contributed by atoms with Gasteiger partial charge >= 0.3 is 0 Å². The average molecular weight is 369 g/mol. The molecule has 1 aromatic carbocycles. The first-order valence-electron chi connectivity index (χ1n) is 9.07. The van der Waals surface area contributed by atoms with Gasteiger partial charge in [0.05, 0.1) is 17.9 Å². The largest absolute Gasteiger partial charge is 0.325 e. The fourth-order valence-electron chi connectivity index (χ4n) is 3.47. The molecule has 1 aliphatic rings. The Balaban J connectivity index is 1.35. The third-order valence-corrected chi connectivity index (χ3v) is 6.02. The van der Waals surface area contributed by atoms with Gasteiger partial charge in [0.1, 0.15) is 5.01 Å². The summed E-state index contributed by atoms with van der Waals surface area (Å²) in [5.74, 6) is 0. The average Bonchev–Trinajstić information content (AvgIpc) is 3.32. The lowest BCUT2D eigenvalue weighted by Gasteiger charge is -2.31. The molecular formula is C19H24N6S. The van der Waals surface area contributed by atoms with Crippen molar-refractivity contribution in [3.63, 3.8) is 0 Å². The van der Waals surface area contributed by atoms with Crippen LogP contribution in [0.1, 0.15) is 35.0 Å². The molecule has 0 bridgehead atoms. The van der Waals surface area contributed by atoms with Gasteiger partial charge < -0.3 is 5.73 Å². The lowest BCUT2D eigenvalue weighted by Crippen LogP contribution is -2.34. The molecule has 4 rings (SSSR count). The molecule has 26 heavy (non-hydrogen) atoms.